The molecule has 1 atom stereocenters. The van der Waals surface area contributed by atoms with Gasteiger partial charge in [-0.2, -0.15) is 5.26 Å². The van der Waals surface area contributed by atoms with E-state index in [1.165, 1.54) is 0 Å². The van der Waals surface area contributed by atoms with Gasteiger partial charge >= 0.3 is 0 Å². The molecule has 6 heteroatoms. The summed E-state index contributed by atoms with van der Waals surface area (Å²) < 4.78 is 16.2. The third kappa shape index (κ3) is 3.43. The van der Waals surface area contributed by atoms with Crippen molar-refractivity contribution < 1.29 is 14.2 Å². The first-order valence-corrected chi connectivity index (χ1v) is 7.36. The van der Waals surface area contributed by atoms with Crippen LogP contribution in [0.2, 0.25) is 0 Å². The third-order valence-electron chi connectivity index (χ3n) is 3.95. The Hall–Kier alpha value is -1.97. The van der Waals surface area contributed by atoms with E-state index in [-0.39, 0.29) is 6.04 Å². The van der Waals surface area contributed by atoms with Crippen LogP contribution in [-0.2, 0) is 0 Å². The predicted molar refractivity (Wildman–Crippen MR) is 83.5 cm³/mol. The summed E-state index contributed by atoms with van der Waals surface area (Å²) in [6.45, 7) is 3.71. The second-order valence-corrected chi connectivity index (χ2v) is 5.12. The van der Waals surface area contributed by atoms with Crippen molar-refractivity contribution in [1.29, 1.82) is 5.26 Å². The number of nitrogens with zero attached hydrogens (tertiary/aromatic N) is 2. The molecule has 0 amide bonds. The van der Waals surface area contributed by atoms with Crippen molar-refractivity contribution in [2.24, 2.45) is 0 Å². The Morgan fingerprint density at radius 2 is 1.73 bits per heavy atom. The smallest absolute Gasteiger partial charge is 0.203 e. The van der Waals surface area contributed by atoms with E-state index in [0.717, 1.165) is 31.7 Å². The Morgan fingerprint density at radius 1 is 1.14 bits per heavy atom. The number of benzene rings is 1. The van der Waals surface area contributed by atoms with Gasteiger partial charge in [-0.05, 0) is 17.7 Å². The van der Waals surface area contributed by atoms with Crippen LogP contribution in [0.15, 0.2) is 12.1 Å². The molecule has 0 aromatic heterocycles. The summed E-state index contributed by atoms with van der Waals surface area (Å²) in [7, 11) is 4.79. The molecule has 2 rings (SSSR count). The van der Waals surface area contributed by atoms with Crippen molar-refractivity contribution in [3.63, 3.8) is 0 Å². The summed E-state index contributed by atoms with van der Waals surface area (Å²) in [5, 5.41) is 12.5. The minimum atomic E-state index is 0.0285. The van der Waals surface area contributed by atoms with Crippen LogP contribution in [-0.4, -0.2) is 52.4 Å². The Morgan fingerprint density at radius 3 is 2.18 bits per heavy atom. The minimum Gasteiger partial charge on any atom is -0.493 e. The second-order valence-electron chi connectivity index (χ2n) is 5.12. The van der Waals surface area contributed by atoms with Crippen LogP contribution in [0.4, 0.5) is 0 Å². The normalized spacial score (nSPS) is 16.6. The van der Waals surface area contributed by atoms with Gasteiger partial charge in [0.2, 0.25) is 5.75 Å². The molecule has 0 bridgehead atoms. The summed E-state index contributed by atoms with van der Waals surface area (Å²) in [6, 6.07) is 6.19. The highest BCUT2D eigenvalue weighted by molar-refractivity contribution is 5.54. The highest BCUT2D eigenvalue weighted by Gasteiger charge is 2.25. The van der Waals surface area contributed by atoms with Crippen LogP contribution < -0.4 is 19.5 Å². The first-order valence-electron chi connectivity index (χ1n) is 7.36. The van der Waals surface area contributed by atoms with Crippen LogP contribution in [0.1, 0.15) is 18.0 Å². The summed E-state index contributed by atoms with van der Waals surface area (Å²) in [6.07, 6.45) is 0.429. The average Bonchev–Trinajstić information content (AvgIpc) is 2.59. The van der Waals surface area contributed by atoms with Gasteiger partial charge in [-0.3, -0.25) is 4.90 Å². The standard InChI is InChI=1S/C16H23N3O3/c1-20-14-10-12(11-15(21-2)16(14)22-3)13(4-5-17)19-8-6-18-7-9-19/h10-11,13,18H,4,6-9H2,1-3H3/t13-/m1/s1. The van der Waals surface area contributed by atoms with Crippen LogP contribution in [0.25, 0.3) is 0 Å². The zero-order valence-electron chi connectivity index (χ0n) is 13.4. The zero-order valence-corrected chi connectivity index (χ0v) is 13.4. The molecule has 0 aliphatic carbocycles. The highest BCUT2D eigenvalue weighted by atomic mass is 16.5. The maximum absolute atomic E-state index is 9.20. The van der Waals surface area contributed by atoms with Crippen LogP contribution in [0, 0.1) is 11.3 Å². The largest absolute Gasteiger partial charge is 0.493 e. The molecule has 1 heterocycles. The lowest BCUT2D eigenvalue weighted by Gasteiger charge is -2.34. The van der Waals surface area contributed by atoms with Crippen molar-refractivity contribution in [1.82, 2.24) is 10.2 Å². The molecule has 1 N–H and O–H groups in total. The van der Waals surface area contributed by atoms with E-state index >= 15 is 0 Å². The van der Waals surface area contributed by atoms with Gasteiger partial charge in [-0.15, -0.1) is 0 Å². The Labute approximate surface area is 131 Å². The van der Waals surface area contributed by atoms with E-state index in [9.17, 15) is 5.26 Å². The molecular weight excluding hydrogens is 282 g/mol. The molecule has 0 saturated carbocycles. The van der Waals surface area contributed by atoms with Gasteiger partial charge in [-0.25, -0.2) is 0 Å². The van der Waals surface area contributed by atoms with Crippen molar-refractivity contribution in [2.45, 2.75) is 12.5 Å². The lowest BCUT2D eigenvalue weighted by molar-refractivity contribution is 0.175. The molecule has 6 nitrogen and oxygen atoms in total. The van der Waals surface area contributed by atoms with Gasteiger partial charge in [0, 0.05) is 32.2 Å². The maximum atomic E-state index is 9.20. The van der Waals surface area contributed by atoms with Crippen molar-refractivity contribution in [3.8, 4) is 23.3 Å². The quantitative estimate of drug-likeness (QED) is 0.860. The number of hydrogen-bond acceptors (Lipinski definition) is 6. The molecular formula is C16H23N3O3. The fourth-order valence-corrected chi connectivity index (χ4v) is 2.83. The van der Waals surface area contributed by atoms with Crippen LogP contribution >= 0.6 is 0 Å². The Kier molecular flexibility index (Phi) is 5.87. The number of nitrogens with one attached hydrogen (secondary N) is 1. The summed E-state index contributed by atoms with van der Waals surface area (Å²) in [5.41, 5.74) is 1.01. The van der Waals surface area contributed by atoms with Crippen molar-refractivity contribution in [3.05, 3.63) is 17.7 Å². The summed E-state index contributed by atoms with van der Waals surface area (Å²) >= 11 is 0. The van der Waals surface area contributed by atoms with E-state index in [0.29, 0.717) is 23.7 Å². The molecule has 0 unspecified atom stereocenters. The monoisotopic (exact) mass is 305 g/mol. The molecule has 1 saturated heterocycles. The van der Waals surface area contributed by atoms with Gasteiger partial charge in [0.1, 0.15) is 0 Å². The minimum absolute atomic E-state index is 0.0285. The molecule has 1 aromatic carbocycles. The maximum Gasteiger partial charge on any atom is 0.203 e. The Bertz CT molecular complexity index is 511. The molecule has 0 radical (unpaired) electrons. The van der Waals surface area contributed by atoms with Crippen LogP contribution in [0.3, 0.4) is 0 Å². The van der Waals surface area contributed by atoms with Gasteiger partial charge < -0.3 is 19.5 Å². The van der Waals surface area contributed by atoms with E-state index in [1.807, 2.05) is 12.1 Å². The van der Waals surface area contributed by atoms with Crippen molar-refractivity contribution >= 4 is 0 Å². The lowest BCUT2D eigenvalue weighted by atomic mass is 10.0. The van der Waals surface area contributed by atoms with Gasteiger partial charge in [-0.1, -0.05) is 0 Å². The van der Waals surface area contributed by atoms with Crippen molar-refractivity contribution in [2.75, 3.05) is 47.5 Å². The first kappa shape index (κ1) is 16.4. The number of nitriles is 1. The average molecular weight is 305 g/mol. The fraction of sp³-hybridized carbons (Fsp3) is 0.562. The predicted octanol–water partition coefficient (Wildman–Crippen LogP) is 1.57. The SMILES string of the molecule is COc1cc([C@@H](CC#N)N2CCNCC2)cc(OC)c1OC. The topological polar surface area (TPSA) is 66.8 Å². The van der Waals surface area contributed by atoms with Crippen LogP contribution in [0.5, 0.6) is 17.2 Å². The van der Waals surface area contributed by atoms with E-state index in [4.69, 9.17) is 14.2 Å². The van der Waals surface area contributed by atoms with E-state index in [1.54, 1.807) is 21.3 Å². The number of hydrogen-bond donors (Lipinski definition) is 1. The molecule has 1 aliphatic heterocycles. The molecule has 1 fully saturated rings. The number of ether oxygens (including phenoxy) is 3. The highest BCUT2D eigenvalue weighted by Crippen LogP contribution is 2.41. The third-order valence-corrected chi connectivity index (χ3v) is 3.95. The van der Waals surface area contributed by atoms with E-state index in [2.05, 4.69) is 16.3 Å². The number of methoxy groups -OCH3 is 3. The molecule has 120 valence electrons. The summed E-state index contributed by atoms with van der Waals surface area (Å²) in [5.74, 6) is 1.81. The zero-order chi connectivity index (χ0) is 15.9. The lowest BCUT2D eigenvalue weighted by Crippen LogP contribution is -2.45. The molecule has 1 aromatic rings. The second kappa shape index (κ2) is 7.87. The van der Waals surface area contributed by atoms with Gasteiger partial charge in [0.05, 0.1) is 33.8 Å². The van der Waals surface area contributed by atoms with Gasteiger partial charge in [0.25, 0.3) is 0 Å². The Balaban J connectivity index is 2.40. The summed E-state index contributed by atoms with van der Waals surface area (Å²) in [4.78, 5) is 2.32. The molecule has 1 aliphatic rings. The molecule has 0 spiro atoms. The first-order chi connectivity index (χ1) is 10.7. The van der Waals surface area contributed by atoms with E-state index < -0.39 is 0 Å². The van der Waals surface area contributed by atoms with Gasteiger partial charge in [0.15, 0.2) is 11.5 Å². The number of rotatable bonds is 6. The number of piperazine rings is 1. The molecule has 22 heavy (non-hydrogen) atoms. The fourth-order valence-electron chi connectivity index (χ4n) is 2.83.